The number of hydrogen-bond donors (Lipinski definition) is 2. The fraction of sp³-hybridized carbons (Fsp3) is 0.161. The first-order chi connectivity index (χ1) is 17.5. The largest absolute Gasteiger partial charge is 0.490 e. The minimum atomic E-state index is -0.00724. The van der Waals surface area contributed by atoms with E-state index < -0.39 is 0 Å². The molecule has 0 aliphatic heterocycles. The van der Waals surface area contributed by atoms with E-state index in [9.17, 15) is 4.79 Å². The molecule has 0 aliphatic carbocycles. The summed E-state index contributed by atoms with van der Waals surface area (Å²) in [4.78, 5) is 12.5. The molecular formula is C31H30N2O3. The molecule has 0 heterocycles. The molecule has 0 saturated carbocycles. The fourth-order valence-electron chi connectivity index (χ4n) is 3.98. The van der Waals surface area contributed by atoms with Crippen LogP contribution in [0.3, 0.4) is 0 Å². The van der Waals surface area contributed by atoms with E-state index in [4.69, 9.17) is 20.6 Å². The zero-order valence-electron chi connectivity index (χ0n) is 20.4. The highest BCUT2D eigenvalue weighted by Crippen LogP contribution is 2.28. The molecule has 0 fully saturated rings. The Morgan fingerprint density at radius 3 is 2.03 bits per heavy atom. The average Bonchev–Trinajstić information content (AvgIpc) is 2.92. The highest BCUT2D eigenvalue weighted by atomic mass is 16.5. The topological polar surface area (TPSA) is 85.4 Å². The van der Waals surface area contributed by atoms with Gasteiger partial charge >= 0.3 is 0 Å². The summed E-state index contributed by atoms with van der Waals surface area (Å²) in [5, 5.41) is 7.56. The molecule has 4 aromatic carbocycles. The maximum absolute atomic E-state index is 12.5. The van der Waals surface area contributed by atoms with Gasteiger partial charge in [0, 0.05) is 16.7 Å². The maximum Gasteiger partial charge on any atom is 0.193 e. The number of aryl methyl sites for hydroxylation is 1. The number of nitrogens with two attached hydrogens (primary N) is 1. The van der Waals surface area contributed by atoms with Gasteiger partial charge in [-0.25, -0.2) is 0 Å². The summed E-state index contributed by atoms with van der Waals surface area (Å²) in [6, 6.07) is 30.3. The van der Waals surface area contributed by atoms with Crippen LogP contribution in [0.25, 0.3) is 11.1 Å². The summed E-state index contributed by atoms with van der Waals surface area (Å²) in [6.07, 6.45) is 1.92. The second-order valence-electron chi connectivity index (χ2n) is 8.48. The smallest absolute Gasteiger partial charge is 0.193 e. The second kappa shape index (κ2) is 11.8. The standard InChI is InChI=1S/C31H30N2O3/c1-2-6-27-21-26(22-9-11-25(12-10-22)31(32)33)15-18-29(27)36-20-19-35-28-16-13-24(14-17-28)30(34)23-7-4-3-5-8-23/h3-5,7-18,21H,2,6,19-20H2,1H3,(H3,32,33). The van der Waals surface area contributed by atoms with Crippen LogP contribution in [0.5, 0.6) is 11.5 Å². The van der Waals surface area contributed by atoms with Crippen LogP contribution >= 0.6 is 0 Å². The van der Waals surface area contributed by atoms with Gasteiger partial charge in [0.15, 0.2) is 5.78 Å². The molecular weight excluding hydrogens is 448 g/mol. The van der Waals surface area contributed by atoms with Crippen LogP contribution in [0, 0.1) is 5.41 Å². The van der Waals surface area contributed by atoms with Crippen molar-refractivity contribution in [1.82, 2.24) is 0 Å². The van der Waals surface area contributed by atoms with Crippen molar-refractivity contribution in [2.24, 2.45) is 5.73 Å². The highest BCUT2D eigenvalue weighted by molar-refractivity contribution is 6.09. The average molecular weight is 479 g/mol. The number of ether oxygens (including phenoxy) is 2. The Balaban J connectivity index is 1.34. The molecule has 0 amide bonds. The van der Waals surface area contributed by atoms with Crippen molar-refractivity contribution in [3.05, 3.63) is 119 Å². The van der Waals surface area contributed by atoms with Gasteiger partial charge in [0.25, 0.3) is 0 Å². The van der Waals surface area contributed by atoms with Gasteiger partial charge in [-0.05, 0) is 59.5 Å². The molecule has 182 valence electrons. The SMILES string of the molecule is CCCc1cc(-c2ccc(C(=N)N)cc2)ccc1OCCOc1ccc(C(=O)c2ccccc2)cc1. The predicted octanol–water partition coefficient (Wildman–Crippen LogP) is 6.28. The molecule has 3 N–H and O–H groups in total. The number of carbonyl (C=O) groups excluding carboxylic acids is 1. The molecule has 0 spiro atoms. The number of ketones is 1. The van der Waals surface area contributed by atoms with Crippen molar-refractivity contribution in [1.29, 1.82) is 5.41 Å². The van der Waals surface area contributed by atoms with Gasteiger partial charge in [0.2, 0.25) is 0 Å². The summed E-state index contributed by atoms with van der Waals surface area (Å²) in [5.41, 5.74) is 10.9. The number of amidine groups is 1. The molecule has 4 aromatic rings. The van der Waals surface area contributed by atoms with Crippen molar-refractivity contribution in [3.8, 4) is 22.6 Å². The summed E-state index contributed by atoms with van der Waals surface area (Å²) >= 11 is 0. The first-order valence-electron chi connectivity index (χ1n) is 12.1. The Morgan fingerprint density at radius 1 is 0.750 bits per heavy atom. The molecule has 36 heavy (non-hydrogen) atoms. The minimum Gasteiger partial charge on any atom is -0.490 e. The van der Waals surface area contributed by atoms with Crippen LogP contribution in [-0.4, -0.2) is 24.8 Å². The first-order valence-corrected chi connectivity index (χ1v) is 12.1. The highest BCUT2D eigenvalue weighted by Gasteiger charge is 2.10. The van der Waals surface area contributed by atoms with Gasteiger partial charge in [0.1, 0.15) is 30.5 Å². The Bertz CT molecular complexity index is 1310. The van der Waals surface area contributed by atoms with Crippen LogP contribution in [0.2, 0.25) is 0 Å². The summed E-state index contributed by atoms with van der Waals surface area (Å²) < 4.78 is 11.9. The summed E-state index contributed by atoms with van der Waals surface area (Å²) in [7, 11) is 0. The van der Waals surface area contributed by atoms with E-state index in [0.29, 0.717) is 35.7 Å². The molecule has 0 atom stereocenters. The molecule has 4 rings (SSSR count). The lowest BCUT2D eigenvalue weighted by atomic mass is 9.99. The van der Waals surface area contributed by atoms with Crippen LogP contribution in [0.15, 0.2) is 97.1 Å². The van der Waals surface area contributed by atoms with Crippen LogP contribution < -0.4 is 15.2 Å². The van der Waals surface area contributed by atoms with Gasteiger partial charge in [-0.2, -0.15) is 0 Å². The number of nitrogens with one attached hydrogen (secondary N) is 1. The number of rotatable bonds is 11. The second-order valence-corrected chi connectivity index (χ2v) is 8.48. The number of hydrogen-bond acceptors (Lipinski definition) is 4. The van der Waals surface area contributed by atoms with Gasteiger partial charge < -0.3 is 15.2 Å². The Kier molecular flexibility index (Phi) is 8.14. The quantitative estimate of drug-likeness (QED) is 0.115. The predicted molar refractivity (Wildman–Crippen MR) is 144 cm³/mol. The lowest BCUT2D eigenvalue weighted by Gasteiger charge is -2.14. The Morgan fingerprint density at radius 2 is 1.36 bits per heavy atom. The van der Waals surface area contributed by atoms with Gasteiger partial charge in [-0.3, -0.25) is 10.2 Å². The summed E-state index contributed by atoms with van der Waals surface area (Å²) in [5.74, 6) is 1.61. The van der Waals surface area contributed by atoms with Gasteiger partial charge in [-0.1, -0.05) is 74.0 Å². The van der Waals surface area contributed by atoms with E-state index in [0.717, 1.165) is 35.3 Å². The molecule has 5 heteroatoms. The number of benzene rings is 4. The first kappa shape index (κ1) is 24.7. The maximum atomic E-state index is 12.5. The van der Waals surface area contributed by atoms with Crippen molar-refractivity contribution in [2.45, 2.75) is 19.8 Å². The monoisotopic (exact) mass is 478 g/mol. The van der Waals surface area contributed by atoms with Crippen LogP contribution in [0.1, 0.15) is 40.4 Å². The Labute approximate surface area is 212 Å². The third-order valence-corrected chi connectivity index (χ3v) is 5.87. The molecule has 0 unspecified atom stereocenters. The molecule has 0 aliphatic rings. The van der Waals surface area contributed by atoms with E-state index in [1.54, 1.807) is 12.1 Å². The van der Waals surface area contributed by atoms with E-state index >= 15 is 0 Å². The van der Waals surface area contributed by atoms with E-state index in [-0.39, 0.29) is 11.6 Å². The van der Waals surface area contributed by atoms with Gasteiger partial charge in [-0.15, -0.1) is 0 Å². The van der Waals surface area contributed by atoms with E-state index in [1.807, 2.05) is 78.9 Å². The van der Waals surface area contributed by atoms with Crippen molar-refractivity contribution < 1.29 is 14.3 Å². The molecule has 0 saturated heterocycles. The van der Waals surface area contributed by atoms with E-state index in [2.05, 4.69) is 13.0 Å². The zero-order chi connectivity index (χ0) is 25.3. The van der Waals surface area contributed by atoms with Crippen LogP contribution in [-0.2, 0) is 6.42 Å². The van der Waals surface area contributed by atoms with Gasteiger partial charge in [0.05, 0.1) is 0 Å². The normalized spacial score (nSPS) is 10.6. The minimum absolute atomic E-state index is 0.00724. The van der Waals surface area contributed by atoms with Crippen LogP contribution in [0.4, 0.5) is 0 Å². The molecule has 5 nitrogen and oxygen atoms in total. The third-order valence-electron chi connectivity index (χ3n) is 5.87. The molecule has 0 bridgehead atoms. The fourth-order valence-corrected chi connectivity index (χ4v) is 3.98. The molecule has 0 aromatic heterocycles. The lowest BCUT2D eigenvalue weighted by Crippen LogP contribution is -2.10. The van der Waals surface area contributed by atoms with Crippen molar-refractivity contribution in [3.63, 3.8) is 0 Å². The Hall–Kier alpha value is -4.38. The van der Waals surface area contributed by atoms with Crippen molar-refractivity contribution >= 4 is 11.6 Å². The lowest BCUT2D eigenvalue weighted by molar-refractivity contribution is 0.103. The number of nitrogen functional groups attached to an aromatic ring is 1. The molecule has 0 radical (unpaired) electrons. The number of carbonyl (C=O) groups is 1. The van der Waals surface area contributed by atoms with Crippen molar-refractivity contribution in [2.75, 3.05) is 13.2 Å². The van der Waals surface area contributed by atoms with E-state index in [1.165, 1.54) is 0 Å². The third kappa shape index (κ3) is 6.19. The summed E-state index contributed by atoms with van der Waals surface area (Å²) in [6.45, 7) is 2.95. The zero-order valence-corrected chi connectivity index (χ0v) is 20.4.